The van der Waals surface area contributed by atoms with Gasteiger partial charge in [-0.1, -0.05) is 80.4 Å². The first-order chi connectivity index (χ1) is 9.61. The van der Waals surface area contributed by atoms with Crippen molar-refractivity contribution in [2.75, 3.05) is 10.7 Å². The lowest BCUT2D eigenvalue weighted by Crippen LogP contribution is -2.33. The van der Waals surface area contributed by atoms with Crippen molar-refractivity contribution in [3.05, 3.63) is 70.8 Å². The van der Waals surface area contributed by atoms with Crippen molar-refractivity contribution in [1.29, 1.82) is 0 Å². The number of rotatable bonds is 5. The molecule has 2 aromatic carbocycles. The molecule has 0 saturated carbocycles. The first-order valence-corrected chi connectivity index (χ1v) is 9.09. The highest BCUT2D eigenvalue weighted by atomic mass is 79.9. The zero-order valence-electron chi connectivity index (χ0n) is 12.0. The molecule has 0 amide bonds. The summed E-state index contributed by atoms with van der Waals surface area (Å²) in [6.45, 7) is 4.35. The van der Waals surface area contributed by atoms with Crippen LogP contribution in [0.3, 0.4) is 0 Å². The molecule has 2 aromatic rings. The molecule has 0 fully saturated rings. The van der Waals surface area contributed by atoms with Crippen LogP contribution >= 0.6 is 31.9 Å². The summed E-state index contributed by atoms with van der Waals surface area (Å²) >= 11 is 7.46. The molecule has 0 saturated heterocycles. The van der Waals surface area contributed by atoms with E-state index in [1.54, 1.807) is 0 Å². The van der Waals surface area contributed by atoms with Gasteiger partial charge < -0.3 is 0 Å². The maximum atomic E-state index is 3.73. The average molecular weight is 396 g/mol. The van der Waals surface area contributed by atoms with E-state index in [-0.39, 0.29) is 5.41 Å². The van der Waals surface area contributed by atoms with Gasteiger partial charge in [-0.25, -0.2) is 0 Å². The van der Waals surface area contributed by atoms with Gasteiger partial charge in [0.2, 0.25) is 0 Å². The Balaban J connectivity index is 2.36. The molecule has 0 atom stereocenters. The zero-order valence-corrected chi connectivity index (χ0v) is 15.2. The average Bonchev–Trinajstić information content (AvgIpc) is 2.49. The highest BCUT2D eigenvalue weighted by molar-refractivity contribution is 9.09. The summed E-state index contributed by atoms with van der Waals surface area (Å²) in [5.41, 5.74) is 5.61. The summed E-state index contributed by atoms with van der Waals surface area (Å²) in [6, 6.07) is 17.6. The number of hydrogen-bond donors (Lipinski definition) is 0. The van der Waals surface area contributed by atoms with Gasteiger partial charge in [0.25, 0.3) is 0 Å². The number of benzene rings is 2. The number of hydrogen-bond acceptors (Lipinski definition) is 0. The van der Waals surface area contributed by atoms with Crippen molar-refractivity contribution in [2.24, 2.45) is 0 Å². The minimum atomic E-state index is 0.100. The molecule has 0 aliphatic carbocycles. The van der Waals surface area contributed by atoms with Crippen LogP contribution in [0.4, 0.5) is 0 Å². The van der Waals surface area contributed by atoms with Crippen LogP contribution in [-0.4, -0.2) is 10.7 Å². The predicted octanol–water partition coefficient (Wildman–Crippen LogP) is 5.57. The van der Waals surface area contributed by atoms with E-state index >= 15 is 0 Å². The van der Waals surface area contributed by atoms with Gasteiger partial charge in [0.15, 0.2) is 0 Å². The second-order valence-corrected chi connectivity index (χ2v) is 6.63. The lowest BCUT2D eigenvalue weighted by atomic mass is 9.79. The van der Waals surface area contributed by atoms with Crippen LogP contribution in [0.2, 0.25) is 0 Å². The van der Waals surface area contributed by atoms with Crippen LogP contribution in [0.15, 0.2) is 48.5 Å². The quantitative estimate of drug-likeness (QED) is 0.580. The monoisotopic (exact) mass is 394 g/mol. The third-order valence-electron chi connectivity index (χ3n) is 4.01. The Bertz CT molecular complexity index is 557. The maximum Gasteiger partial charge on any atom is 0.0187 e. The van der Waals surface area contributed by atoms with Gasteiger partial charge in [-0.3, -0.25) is 0 Å². The SMILES string of the molecule is Cc1ccc(CC(CBr)(CBr)c2ccccc2)cc1C. The molecule has 0 N–H and O–H groups in total. The van der Waals surface area contributed by atoms with E-state index in [2.05, 4.69) is 94.2 Å². The fourth-order valence-electron chi connectivity index (χ4n) is 2.48. The molecular formula is C18H20Br2. The fraction of sp³-hybridized carbons (Fsp3) is 0.333. The number of aryl methyl sites for hydroxylation is 2. The molecule has 0 aliphatic heterocycles. The molecule has 20 heavy (non-hydrogen) atoms. The largest absolute Gasteiger partial charge is 0.0918 e. The lowest BCUT2D eigenvalue weighted by Gasteiger charge is -2.31. The van der Waals surface area contributed by atoms with Crippen molar-refractivity contribution in [1.82, 2.24) is 0 Å². The van der Waals surface area contributed by atoms with E-state index in [4.69, 9.17) is 0 Å². The molecule has 0 bridgehead atoms. The van der Waals surface area contributed by atoms with Crippen molar-refractivity contribution in [3.8, 4) is 0 Å². The van der Waals surface area contributed by atoms with Crippen molar-refractivity contribution < 1.29 is 0 Å². The molecule has 0 heterocycles. The minimum Gasteiger partial charge on any atom is -0.0918 e. The lowest BCUT2D eigenvalue weighted by molar-refractivity contribution is 0.551. The second-order valence-electron chi connectivity index (χ2n) is 5.51. The molecule has 106 valence electrons. The van der Waals surface area contributed by atoms with Crippen molar-refractivity contribution in [3.63, 3.8) is 0 Å². The van der Waals surface area contributed by atoms with Crippen LogP contribution in [0, 0.1) is 13.8 Å². The van der Waals surface area contributed by atoms with Crippen LogP contribution in [0.5, 0.6) is 0 Å². The Morgan fingerprint density at radius 1 is 0.850 bits per heavy atom. The van der Waals surface area contributed by atoms with Gasteiger partial charge in [0, 0.05) is 16.1 Å². The summed E-state index contributed by atoms with van der Waals surface area (Å²) in [4.78, 5) is 0. The third-order valence-corrected chi connectivity index (χ3v) is 6.16. The van der Waals surface area contributed by atoms with Crippen LogP contribution in [-0.2, 0) is 11.8 Å². The molecule has 0 nitrogen and oxygen atoms in total. The summed E-state index contributed by atoms with van der Waals surface area (Å²) in [7, 11) is 0. The molecule has 0 aliphatic rings. The van der Waals surface area contributed by atoms with Gasteiger partial charge >= 0.3 is 0 Å². The van der Waals surface area contributed by atoms with Gasteiger partial charge in [-0.2, -0.15) is 0 Å². The highest BCUT2D eigenvalue weighted by Gasteiger charge is 2.30. The van der Waals surface area contributed by atoms with E-state index in [0.29, 0.717) is 0 Å². The summed E-state index contributed by atoms with van der Waals surface area (Å²) in [5.74, 6) is 0. The fourth-order valence-corrected chi connectivity index (χ4v) is 4.46. The van der Waals surface area contributed by atoms with Crippen molar-refractivity contribution in [2.45, 2.75) is 25.7 Å². The Morgan fingerprint density at radius 3 is 2.05 bits per heavy atom. The molecular weight excluding hydrogens is 376 g/mol. The van der Waals surface area contributed by atoms with Gasteiger partial charge in [0.05, 0.1) is 0 Å². The van der Waals surface area contributed by atoms with Crippen LogP contribution < -0.4 is 0 Å². The highest BCUT2D eigenvalue weighted by Crippen LogP contribution is 2.33. The van der Waals surface area contributed by atoms with E-state index in [1.165, 1.54) is 22.3 Å². The molecule has 0 spiro atoms. The minimum absolute atomic E-state index is 0.100. The molecule has 0 radical (unpaired) electrons. The van der Waals surface area contributed by atoms with Gasteiger partial charge in [-0.05, 0) is 42.5 Å². The standard InChI is InChI=1S/C18H20Br2/c1-14-8-9-16(10-15(14)2)11-18(12-19,13-20)17-6-4-3-5-7-17/h3-10H,11-13H2,1-2H3. The van der Waals surface area contributed by atoms with E-state index in [0.717, 1.165) is 17.1 Å². The Kier molecular flexibility index (Phi) is 5.45. The Labute approximate surface area is 138 Å². The normalized spacial score (nSPS) is 11.6. The number of alkyl halides is 2. The van der Waals surface area contributed by atoms with Gasteiger partial charge in [-0.15, -0.1) is 0 Å². The van der Waals surface area contributed by atoms with E-state index < -0.39 is 0 Å². The molecule has 0 aromatic heterocycles. The first-order valence-electron chi connectivity index (χ1n) is 6.85. The van der Waals surface area contributed by atoms with Crippen molar-refractivity contribution >= 4 is 31.9 Å². The predicted molar refractivity (Wildman–Crippen MR) is 95.3 cm³/mol. The van der Waals surface area contributed by atoms with Gasteiger partial charge in [0.1, 0.15) is 0 Å². The number of halogens is 2. The second kappa shape index (κ2) is 6.91. The molecule has 2 heteroatoms. The molecule has 2 rings (SSSR count). The Hall–Kier alpha value is -0.600. The zero-order chi connectivity index (χ0) is 14.6. The molecule has 0 unspecified atom stereocenters. The van der Waals surface area contributed by atoms with E-state index in [9.17, 15) is 0 Å². The topological polar surface area (TPSA) is 0 Å². The summed E-state index contributed by atoms with van der Waals surface area (Å²) < 4.78 is 0. The van der Waals surface area contributed by atoms with E-state index in [1.807, 2.05) is 0 Å². The maximum absolute atomic E-state index is 3.73. The summed E-state index contributed by atoms with van der Waals surface area (Å²) in [5, 5.41) is 1.89. The third kappa shape index (κ3) is 3.35. The van der Waals surface area contributed by atoms with Crippen LogP contribution in [0.25, 0.3) is 0 Å². The first kappa shape index (κ1) is 15.8. The smallest absolute Gasteiger partial charge is 0.0187 e. The van der Waals surface area contributed by atoms with Crippen LogP contribution in [0.1, 0.15) is 22.3 Å². The Morgan fingerprint density at radius 2 is 1.50 bits per heavy atom. The summed E-state index contributed by atoms with van der Waals surface area (Å²) in [6.07, 6.45) is 1.04.